The van der Waals surface area contributed by atoms with Crippen molar-refractivity contribution in [1.29, 1.82) is 0 Å². The van der Waals surface area contributed by atoms with E-state index in [1.54, 1.807) is 12.0 Å². The number of hydrogen-bond acceptors (Lipinski definition) is 3. The van der Waals surface area contributed by atoms with Crippen molar-refractivity contribution in [2.45, 2.75) is 30.7 Å². The molecule has 5 heteroatoms. The van der Waals surface area contributed by atoms with Gasteiger partial charge < -0.3 is 14.4 Å². The largest absolute Gasteiger partial charge is 0.444 e. The molecule has 1 saturated heterocycles. The lowest BCUT2D eigenvalue weighted by Gasteiger charge is -2.45. The SMILES string of the molecule is COCC1(Br)CN(C(=O)OC(C)(C)C)C1. The Labute approximate surface area is 99.0 Å². The summed E-state index contributed by atoms with van der Waals surface area (Å²) < 4.78 is 10.2. The Morgan fingerprint density at radius 2 is 2.00 bits per heavy atom. The highest BCUT2D eigenvalue weighted by Gasteiger charge is 2.44. The maximum atomic E-state index is 11.6. The third-order valence-corrected chi connectivity index (χ3v) is 2.73. The summed E-state index contributed by atoms with van der Waals surface area (Å²) in [5.74, 6) is 0. The molecule has 0 aromatic carbocycles. The number of hydrogen-bond donors (Lipinski definition) is 0. The van der Waals surface area contributed by atoms with E-state index in [0.29, 0.717) is 19.7 Å². The van der Waals surface area contributed by atoms with Crippen LogP contribution in [0.3, 0.4) is 0 Å². The summed E-state index contributed by atoms with van der Waals surface area (Å²) >= 11 is 3.54. The third-order valence-electron chi connectivity index (χ3n) is 2.00. The fourth-order valence-electron chi connectivity index (χ4n) is 1.44. The second-order valence-electron chi connectivity index (χ2n) is 4.92. The second-order valence-corrected chi connectivity index (χ2v) is 6.60. The van der Waals surface area contributed by atoms with Crippen LogP contribution in [0.4, 0.5) is 4.79 Å². The molecule has 1 fully saturated rings. The average Bonchev–Trinajstić information content (AvgIpc) is 1.96. The molecule has 0 saturated carbocycles. The minimum atomic E-state index is -0.428. The molecule has 1 aliphatic heterocycles. The number of methoxy groups -OCH3 is 1. The molecule has 1 amide bonds. The zero-order valence-corrected chi connectivity index (χ0v) is 11.3. The summed E-state index contributed by atoms with van der Waals surface area (Å²) in [6.07, 6.45) is -0.256. The fourth-order valence-corrected chi connectivity index (χ4v) is 2.28. The van der Waals surface area contributed by atoms with E-state index in [9.17, 15) is 4.79 Å². The molecule has 1 heterocycles. The first kappa shape index (κ1) is 12.8. The fraction of sp³-hybridized carbons (Fsp3) is 0.900. The van der Waals surface area contributed by atoms with Crippen LogP contribution in [0.5, 0.6) is 0 Å². The van der Waals surface area contributed by atoms with Gasteiger partial charge in [0.15, 0.2) is 0 Å². The molecule has 0 spiro atoms. The summed E-state index contributed by atoms with van der Waals surface area (Å²) in [7, 11) is 1.65. The van der Waals surface area contributed by atoms with Crippen LogP contribution in [0.25, 0.3) is 0 Å². The highest BCUT2D eigenvalue weighted by atomic mass is 79.9. The predicted octanol–water partition coefficient (Wildman–Crippen LogP) is 2.02. The average molecular weight is 280 g/mol. The third kappa shape index (κ3) is 3.65. The molecule has 15 heavy (non-hydrogen) atoms. The Kier molecular flexibility index (Phi) is 3.66. The van der Waals surface area contributed by atoms with E-state index in [0.717, 1.165) is 0 Å². The smallest absolute Gasteiger partial charge is 0.410 e. The minimum Gasteiger partial charge on any atom is -0.444 e. The van der Waals surface area contributed by atoms with Gasteiger partial charge in [-0.3, -0.25) is 0 Å². The Morgan fingerprint density at radius 1 is 1.47 bits per heavy atom. The molecule has 0 N–H and O–H groups in total. The van der Waals surface area contributed by atoms with Crippen molar-refractivity contribution >= 4 is 22.0 Å². The van der Waals surface area contributed by atoms with Gasteiger partial charge in [-0.2, -0.15) is 0 Å². The van der Waals surface area contributed by atoms with Gasteiger partial charge in [-0.05, 0) is 20.8 Å². The van der Waals surface area contributed by atoms with Crippen molar-refractivity contribution in [1.82, 2.24) is 4.90 Å². The maximum absolute atomic E-state index is 11.6. The van der Waals surface area contributed by atoms with Crippen LogP contribution < -0.4 is 0 Å². The molecule has 0 aliphatic carbocycles. The van der Waals surface area contributed by atoms with Gasteiger partial charge in [0.1, 0.15) is 5.60 Å². The summed E-state index contributed by atoms with van der Waals surface area (Å²) in [6.45, 7) is 7.46. The molecule has 0 radical (unpaired) electrons. The Balaban J connectivity index is 2.35. The van der Waals surface area contributed by atoms with Crippen LogP contribution >= 0.6 is 15.9 Å². The van der Waals surface area contributed by atoms with Crippen LogP contribution in [0, 0.1) is 0 Å². The summed E-state index contributed by atoms with van der Waals surface area (Å²) in [6, 6.07) is 0. The zero-order valence-electron chi connectivity index (χ0n) is 9.67. The molecular formula is C10H18BrNO3. The minimum absolute atomic E-state index is 0.0847. The number of rotatable bonds is 2. The number of ether oxygens (including phenoxy) is 2. The van der Waals surface area contributed by atoms with Crippen molar-refractivity contribution in [3.63, 3.8) is 0 Å². The number of carbonyl (C=O) groups is 1. The van der Waals surface area contributed by atoms with Gasteiger partial charge in [0.25, 0.3) is 0 Å². The predicted molar refractivity (Wildman–Crippen MR) is 61.3 cm³/mol. The second kappa shape index (κ2) is 4.29. The van der Waals surface area contributed by atoms with Gasteiger partial charge in [-0.1, -0.05) is 15.9 Å². The quantitative estimate of drug-likeness (QED) is 0.726. The van der Waals surface area contributed by atoms with E-state index in [1.807, 2.05) is 20.8 Å². The van der Waals surface area contributed by atoms with Gasteiger partial charge >= 0.3 is 6.09 Å². The molecule has 4 nitrogen and oxygen atoms in total. The van der Waals surface area contributed by atoms with Gasteiger partial charge in [-0.25, -0.2) is 4.79 Å². The van der Waals surface area contributed by atoms with Crippen LogP contribution in [-0.4, -0.2) is 47.7 Å². The molecule has 88 valence electrons. The van der Waals surface area contributed by atoms with Gasteiger partial charge in [0.2, 0.25) is 0 Å². The molecule has 0 unspecified atom stereocenters. The van der Waals surface area contributed by atoms with Crippen LogP contribution in [0.15, 0.2) is 0 Å². The van der Waals surface area contributed by atoms with Crippen molar-refractivity contribution < 1.29 is 14.3 Å². The van der Waals surface area contributed by atoms with Crippen molar-refractivity contribution in [3.8, 4) is 0 Å². The van der Waals surface area contributed by atoms with Gasteiger partial charge in [0.05, 0.1) is 10.9 Å². The lowest BCUT2D eigenvalue weighted by Crippen LogP contribution is -2.62. The number of halogens is 1. The standard InChI is InChI=1S/C10H18BrNO3/c1-9(2,3)15-8(13)12-5-10(11,6-12)7-14-4/h5-7H2,1-4H3. The van der Waals surface area contributed by atoms with Crippen molar-refractivity contribution in [2.75, 3.05) is 26.8 Å². The maximum Gasteiger partial charge on any atom is 0.410 e. The van der Waals surface area contributed by atoms with Crippen molar-refractivity contribution in [3.05, 3.63) is 0 Å². The van der Waals surface area contributed by atoms with Crippen LogP contribution in [0.2, 0.25) is 0 Å². The highest BCUT2D eigenvalue weighted by Crippen LogP contribution is 2.31. The number of alkyl halides is 1. The summed E-state index contributed by atoms with van der Waals surface area (Å²) in [5.41, 5.74) is -0.428. The van der Waals surface area contributed by atoms with E-state index in [-0.39, 0.29) is 10.4 Å². The highest BCUT2D eigenvalue weighted by molar-refractivity contribution is 9.10. The Morgan fingerprint density at radius 3 is 2.40 bits per heavy atom. The van der Waals surface area contributed by atoms with Gasteiger partial charge in [-0.15, -0.1) is 0 Å². The summed E-state index contributed by atoms with van der Waals surface area (Å²) in [5, 5.41) is 0. The Hall–Kier alpha value is -0.290. The first-order valence-electron chi connectivity index (χ1n) is 4.92. The van der Waals surface area contributed by atoms with E-state index in [4.69, 9.17) is 9.47 Å². The van der Waals surface area contributed by atoms with E-state index < -0.39 is 5.60 Å². The molecular weight excluding hydrogens is 262 g/mol. The van der Waals surface area contributed by atoms with E-state index >= 15 is 0 Å². The number of likely N-dealkylation sites (tertiary alicyclic amines) is 1. The zero-order chi connectivity index (χ0) is 11.7. The first-order chi connectivity index (χ1) is 6.76. The van der Waals surface area contributed by atoms with E-state index in [2.05, 4.69) is 15.9 Å². The number of nitrogens with zero attached hydrogens (tertiary/aromatic N) is 1. The summed E-state index contributed by atoms with van der Waals surface area (Å²) in [4.78, 5) is 13.2. The molecule has 0 bridgehead atoms. The molecule has 1 rings (SSSR count). The number of carbonyl (C=O) groups excluding carboxylic acids is 1. The van der Waals surface area contributed by atoms with Gasteiger partial charge in [0, 0.05) is 20.2 Å². The first-order valence-corrected chi connectivity index (χ1v) is 5.71. The molecule has 0 aromatic heterocycles. The van der Waals surface area contributed by atoms with Crippen LogP contribution in [-0.2, 0) is 9.47 Å². The lowest BCUT2D eigenvalue weighted by atomic mass is 10.0. The molecule has 0 atom stereocenters. The topological polar surface area (TPSA) is 38.8 Å². The monoisotopic (exact) mass is 279 g/mol. The van der Waals surface area contributed by atoms with E-state index in [1.165, 1.54) is 0 Å². The van der Waals surface area contributed by atoms with Crippen LogP contribution in [0.1, 0.15) is 20.8 Å². The number of amides is 1. The molecule has 0 aromatic rings. The Bertz CT molecular complexity index is 244. The normalized spacial score (nSPS) is 19.7. The lowest BCUT2D eigenvalue weighted by molar-refractivity contribution is -0.00419. The van der Waals surface area contributed by atoms with Crippen molar-refractivity contribution in [2.24, 2.45) is 0 Å². The molecule has 1 aliphatic rings.